The van der Waals surface area contributed by atoms with Crippen LogP contribution in [0.5, 0.6) is 0 Å². The molecule has 0 bridgehead atoms. The summed E-state index contributed by atoms with van der Waals surface area (Å²) in [5, 5.41) is 6.58. The first kappa shape index (κ1) is 15.7. The monoisotopic (exact) mass is 349 g/mol. The summed E-state index contributed by atoms with van der Waals surface area (Å²) >= 11 is 0. The summed E-state index contributed by atoms with van der Waals surface area (Å²) in [6.07, 6.45) is 5.18. The van der Waals surface area contributed by atoms with E-state index in [-0.39, 0.29) is 11.6 Å². The minimum Gasteiger partial charge on any atom is -0.382 e. The Morgan fingerprint density at radius 2 is 2.04 bits per heavy atom. The lowest BCUT2D eigenvalue weighted by Crippen LogP contribution is -2.19. The van der Waals surface area contributed by atoms with Crippen LogP contribution in [0.2, 0.25) is 0 Å². The molecule has 0 atom stereocenters. The molecule has 130 valence electrons. The summed E-state index contributed by atoms with van der Waals surface area (Å²) in [4.78, 5) is 29.2. The molecule has 0 aliphatic rings. The van der Waals surface area contributed by atoms with Gasteiger partial charge in [0.25, 0.3) is 5.91 Å². The van der Waals surface area contributed by atoms with Gasteiger partial charge in [-0.05, 0) is 12.1 Å². The third-order valence-corrected chi connectivity index (χ3v) is 3.89. The first-order chi connectivity index (χ1) is 12.6. The predicted molar refractivity (Wildman–Crippen MR) is 94.0 cm³/mol. The quantitative estimate of drug-likeness (QED) is 0.552. The Morgan fingerprint density at radius 1 is 1.19 bits per heavy atom. The van der Waals surface area contributed by atoms with Crippen LogP contribution in [0.15, 0.2) is 36.8 Å². The maximum absolute atomic E-state index is 11.8. The highest BCUT2D eigenvalue weighted by atomic mass is 16.2. The summed E-state index contributed by atoms with van der Waals surface area (Å²) in [5.74, 6) is 0.188. The number of nitrogens with one attached hydrogen (secondary N) is 1. The normalized spacial score (nSPS) is 11.0. The van der Waals surface area contributed by atoms with E-state index in [2.05, 4.69) is 30.4 Å². The van der Waals surface area contributed by atoms with Gasteiger partial charge in [0.2, 0.25) is 5.82 Å². The van der Waals surface area contributed by atoms with Gasteiger partial charge in [-0.2, -0.15) is 0 Å². The van der Waals surface area contributed by atoms with E-state index in [0.29, 0.717) is 17.2 Å². The Hall–Kier alpha value is -3.82. The van der Waals surface area contributed by atoms with Gasteiger partial charge in [-0.3, -0.25) is 9.20 Å². The van der Waals surface area contributed by atoms with Crippen molar-refractivity contribution >= 4 is 17.4 Å². The molecular formula is C16H15N9O. The Kier molecular flexibility index (Phi) is 3.57. The number of aromatic nitrogens is 7. The van der Waals surface area contributed by atoms with Crippen molar-refractivity contribution in [3.05, 3.63) is 42.6 Å². The molecule has 10 heteroatoms. The van der Waals surface area contributed by atoms with E-state index in [1.807, 2.05) is 28.8 Å². The Labute approximate surface area is 147 Å². The molecule has 0 aliphatic heterocycles. The van der Waals surface area contributed by atoms with Crippen LogP contribution >= 0.6 is 0 Å². The lowest BCUT2D eigenvalue weighted by molar-refractivity contribution is 0.0952. The molecule has 3 N–H and O–H groups in total. The largest absolute Gasteiger partial charge is 0.382 e. The second-order valence-corrected chi connectivity index (χ2v) is 5.52. The van der Waals surface area contributed by atoms with Crippen molar-refractivity contribution in [3.63, 3.8) is 0 Å². The average Bonchev–Trinajstić information content (AvgIpc) is 3.25. The Balaban J connectivity index is 1.85. The fourth-order valence-corrected chi connectivity index (χ4v) is 2.61. The van der Waals surface area contributed by atoms with Crippen LogP contribution < -0.4 is 11.1 Å². The average molecular weight is 349 g/mol. The number of anilines is 1. The highest BCUT2D eigenvalue weighted by molar-refractivity contribution is 5.90. The van der Waals surface area contributed by atoms with Crippen molar-refractivity contribution in [1.82, 2.24) is 39.4 Å². The van der Waals surface area contributed by atoms with Crippen LogP contribution in [0, 0.1) is 0 Å². The second-order valence-electron chi connectivity index (χ2n) is 5.52. The first-order valence-corrected chi connectivity index (χ1v) is 7.77. The number of aryl methyl sites for hydroxylation is 1. The molecule has 26 heavy (non-hydrogen) atoms. The van der Waals surface area contributed by atoms with E-state index < -0.39 is 5.91 Å². The van der Waals surface area contributed by atoms with E-state index in [9.17, 15) is 4.79 Å². The molecule has 0 aliphatic carbocycles. The number of imidazole rings is 1. The zero-order chi connectivity index (χ0) is 18.3. The molecule has 4 rings (SSSR count). The fourth-order valence-electron chi connectivity index (χ4n) is 2.61. The maximum Gasteiger partial charge on any atom is 0.290 e. The SMILES string of the molecule is CNC(=O)c1nc(-c2nc(-c3cnc4ccccn34)cnc2N)n(C)n1. The highest BCUT2D eigenvalue weighted by Gasteiger charge is 2.19. The first-order valence-electron chi connectivity index (χ1n) is 7.77. The molecule has 0 fully saturated rings. The number of amides is 1. The molecule has 4 aromatic rings. The molecule has 0 spiro atoms. The molecule has 0 saturated heterocycles. The van der Waals surface area contributed by atoms with E-state index in [1.54, 1.807) is 19.4 Å². The van der Waals surface area contributed by atoms with Crippen LogP contribution in [0.3, 0.4) is 0 Å². The zero-order valence-electron chi connectivity index (χ0n) is 14.1. The summed E-state index contributed by atoms with van der Waals surface area (Å²) in [6, 6.07) is 5.71. The van der Waals surface area contributed by atoms with Gasteiger partial charge < -0.3 is 11.1 Å². The van der Waals surface area contributed by atoms with Crippen LogP contribution in [-0.2, 0) is 7.05 Å². The molecule has 0 unspecified atom stereocenters. The predicted octanol–water partition coefficient (Wildman–Crippen LogP) is 0.529. The zero-order valence-corrected chi connectivity index (χ0v) is 14.1. The molecule has 4 aromatic heterocycles. The topological polar surface area (TPSA) is 129 Å². The lowest BCUT2D eigenvalue weighted by atomic mass is 10.3. The van der Waals surface area contributed by atoms with E-state index in [4.69, 9.17) is 5.73 Å². The number of pyridine rings is 1. The molecule has 0 saturated carbocycles. The molecule has 10 nitrogen and oxygen atoms in total. The third kappa shape index (κ3) is 2.44. The van der Waals surface area contributed by atoms with Gasteiger partial charge in [0, 0.05) is 20.3 Å². The third-order valence-electron chi connectivity index (χ3n) is 3.89. The van der Waals surface area contributed by atoms with Crippen LogP contribution in [-0.4, -0.2) is 47.1 Å². The fraction of sp³-hybridized carbons (Fsp3) is 0.125. The van der Waals surface area contributed by atoms with Crippen molar-refractivity contribution in [1.29, 1.82) is 0 Å². The summed E-state index contributed by atoms with van der Waals surface area (Å²) in [7, 11) is 3.18. The van der Waals surface area contributed by atoms with Gasteiger partial charge in [0.05, 0.1) is 18.1 Å². The number of hydrogen-bond acceptors (Lipinski definition) is 7. The number of hydrogen-bond donors (Lipinski definition) is 2. The van der Waals surface area contributed by atoms with Gasteiger partial charge in [-0.1, -0.05) is 6.07 Å². The maximum atomic E-state index is 11.8. The minimum atomic E-state index is -0.392. The molecule has 4 heterocycles. The number of nitrogens with two attached hydrogens (primary N) is 1. The van der Waals surface area contributed by atoms with Gasteiger partial charge in [-0.15, -0.1) is 5.10 Å². The van der Waals surface area contributed by atoms with Gasteiger partial charge >= 0.3 is 0 Å². The molecular weight excluding hydrogens is 334 g/mol. The van der Waals surface area contributed by atoms with Crippen molar-refractivity contribution in [2.24, 2.45) is 7.05 Å². The summed E-state index contributed by atoms with van der Waals surface area (Å²) in [5.41, 5.74) is 8.48. The summed E-state index contributed by atoms with van der Waals surface area (Å²) < 4.78 is 3.35. The number of rotatable bonds is 3. The van der Waals surface area contributed by atoms with Crippen molar-refractivity contribution in [2.75, 3.05) is 12.8 Å². The van der Waals surface area contributed by atoms with E-state index in [1.165, 1.54) is 11.7 Å². The Morgan fingerprint density at radius 3 is 2.85 bits per heavy atom. The minimum absolute atomic E-state index is 0.0337. The lowest BCUT2D eigenvalue weighted by Gasteiger charge is -2.06. The standard InChI is InChI=1S/C16H15N9O/c1-18-16(26)14-22-15(24(2)23-14)12-13(17)20-7-9(21-12)10-8-19-11-5-3-4-6-25(10)11/h3-8H,1-2H3,(H2,17,20)(H,18,26). The van der Waals surface area contributed by atoms with Gasteiger partial charge in [0.15, 0.2) is 17.3 Å². The van der Waals surface area contributed by atoms with E-state index in [0.717, 1.165) is 11.3 Å². The van der Waals surface area contributed by atoms with Crippen molar-refractivity contribution in [3.8, 4) is 22.9 Å². The molecule has 0 radical (unpaired) electrons. The summed E-state index contributed by atoms with van der Waals surface area (Å²) in [6.45, 7) is 0. The second kappa shape index (κ2) is 5.92. The molecule has 0 aromatic carbocycles. The number of nitrogen functional groups attached to an aromatic ring is 1. The number of carbonyl (C=O) groups excluding carboxylic acids is 1. The van der Waals surface area contributed by atoms with Gasteiger partial charge in [0.1, 0.15) is 11.3 Å². The highest BCUT2D eigenvalue weighted by Crippen LogP contribution is 2.25. The van der Waals surface area contributed by atoms with Crippen LogP contribution in [0.1, 0.15) is 10.6 Å². The Bertz CT molecular complexity index is 1130. The van der Waals surface area contributed by atoms with Gasteiger partial charge in [-0.25, -0.2) is 24.6 Å². The smallest absolute Gasteiger partial charge is 0.290 e. The van der Waals surface area contributed by atoms with E-state index >= 15 is 0 Å². The molecule has 1 amide bonds. The van der Waals surface area contributed by atoms with Crippen molar-refractivity contribution < 1.29 is 4.79 Å². The van der Waals surface area contributed by atoms with Crippen LogP contribution in [0.4, 0.5) is 5.82 Å². The van der Waals surface area contributed by atoms with Crippen LogP contribution in [0.25, 0.3) is 28.6 Å². The number of fused-ring (bicyclic) bond motifs is 1. The van der Waals surface area contributed by atoms with Crippen molar-refractivity contribution in [2.45, 2.75) is 0 Å². The number of carbonyl (C=O) groups is 1. The number of nitrogens with zero attached hydrogens (tertiary/aromatic N) is 7.